The summed E-state index contributed by atoms with van der Waals surface area (Å²) < 4.78 is 28.6. The first-order valence-electron chi connectivity index (χ1n) is 15.2. The third kappa shape index (κ3) is 8.12. The number of carboxylic acid groups (broad SMARTS) is 1. The Hall–Kier alpha value is -3.04. The van der Waals surface area contributed by atoms with Crippen molar-refractivity contribution in [2.75, 3.05) is 20.1 Å². The van der Waals surface area contributed by atoms with Crippen LogP contribution in [-0.2, 0) is 40.5 Å². The number of carbonyl (C=O) groups is 1. The molecule has 3 aromatic rings. The zero-order valence-corrected chi connectivity index (χ0v) is 26.9. The van der Waals surface area contributed by atoms with Gasteiger partial charge in [0, 0.05) is 32.1 Å². The summed E-state index contributed by atoms with van der Waals surface area (Å²) in [5.41, 5.74) is 7.08. The number of aliphatic carboxylic acids is 1. The highest BCUT2D eigenvalue weighted by Gasteiger charge is 2.30. The maximum Gasteiger partial charge on any atom is 0.303 e. The lowest BCUT2D eigenvalue weighted by Crippen LogP contribution is -2.47. The van der Waals surface area contributed by atoms with Crippen molar-refractivity contribution in [3.8, 4) is 11.1 Å². The second kappa shape index (κ2) is 13.7. The molecule has 232 valence electrons. The molecule has 0 heterocycles. The Kier molecular flexibility index (Phi) is 10.5. The summed E-state index contributed by atoms with van der Waals surface area (Å²) in [6.45, 7) is 8.44. The minimum absolute atomic E-state index is 0.0254. The van der Waals surface area contributed by atoms with Crippen LogP contribution < -0.4 is 5.32 Å². The Balaban J connectivity index is 1.41. The van der Waals surface area contributed by atoms with Gasteiger partial charge in [-0.1, -0.05) is 55.5 Å². The van der Waals surface area contributed by atoms with E-state index in [1.54, 1.807) is 12.1 Å². The summed E-state index contributed by atoms with van der Waals surface area (Å²) in [6, 6.07) is 19.8. The lowest BCUT2D eigenvalue weighted by atomic mass is 9.88. The molecule has 0 saturated carbocycles. The van der Waals surface area contributed by atoms with Crippen LogP contribution in [0.4, 0.5) is 0 Å². The normalized spacial score (nSPS) is 14.7. The molecule has 1 aliphatic carbocycles. The Labute approximate surface area is 257 Å². The summed E-state index contributed by atoms with van der Waals surface area (Å²) in [6.07, 6.45) is 3.16. The molecule has 0 amide bonds. The molecule has 0 bridgehead atoms. The number of β-amino-alcohol motifs (C(OH)–C–C–N with tert-alkyl or cyclic N) is 1. The predicted molar refractivity (Wildman–Crippen MR) is 172 cm³/mol. The first-order chi connectivity index (χ1) is 20.3. The third-order valence-electron chi connectivity index (χ3n) is 8.60. The summed E-state index contributed by atoms with van der Waals surface area (Å²) in [4.78, 5) is 11.4. The third-order valence-corrected chi connectivity index (χ3v) is 10.5. The summed E-state index contributed by atoms with van der Waals surface area (Å²) in [7, 11) is -2.34. The van der Waals surface area contributed by atoms with E-state index in [4.69, 9.17) is 0 Å². The van der Waals surface area contributed by atoms with Gasteiger partial charge in [0.05, 0.1) is 11.0 Å². The quantitative estimate of drug-likeness (QED) is 0.227. The average Bonchev–Trinajstić information content (AvgIpc) is 3.36. The van der Waals surface area contributed by atoms with E-state index in [1.165, 1.54) is 22.5 Å². The number of likely N-dealkylation sites (N-methyl/N-ethyl adjacent to an activating group) is 1. The van der Waals surface area contributed by atoms with Crippen LogP contribution in [0.3, 0.4) is 0 Å². The molecule has 1 atom stereocenters. The van der Waals surface area contributed by atoms with Crippen LogP contribution in [0, 0.1) is 12.8 Å². The van der Waals surface area contributed by atoms with Crippen LogP contribution in [0.15, 0.2) is 65.6 Å². The van der Waals surface area contributed by atoms with E-state index in [0.29, 0.717) is 30.9 Å². The number of sulfonamides is 1. The standard InChI is InChI=1S/C35H46N2O5S/c1-6-26-20-30(34-24(2)10-9-13-27(34)15-17-33(39)40)14-16-32(26)43(41,42)37(5)23-31(38)22-36-35(3,4)21-25-18-28-11-7-8-12-29(28)19-25/h7-14,16,20,25,31,36,38H,6,15,17-19,21-23H2,1-5H3,(H,39,40)/t31-/m1/s1. The van der Waals surface area contributed by atoms with E-state index >= 15 is 0 Å². The van der Waals surface area contributed by atoms with Gasteiger partial charge in [0.15, 0.2) is 0 Å². The van der Waals surface area contributed by atoms with E-state index in [-0.39, 0.29) is 23.4 Å². The van der Waals surface area contributed by atoms with Crippen molar-refractivity contribution in [3.05, 3.63) is 88.5 Å². The van der Waals surface area contributed by atoms with Gasteiger partial charge in [0.25, 0.3) is 0 Å². The maximum absolute atomic E-state index is 13.7. The average molecular weight is 607 g/mol. The minimum Gasteiger partial charge on any atom is -0.481 e. The number of aliphatic hydroxyl groups is 1. The molecule has 3 N–H and O–H groups in total. The topological polar surface area (TPSA) is 107 Å². The highest BCUT2D eigenvalue weighted by atomic mass is 32.2. The molecule has 1 aliphatic rings. The van der Waals surface area contributed by atoms with E-state index < -0.39 is 22.1 Å². The summed E-state index contributed by atoms with van der Waals surface area (Å²) >= 11 is 0. The van der Waals surface area contributed by atoms with E-state index in [1.807, 2.05) is 38.1 Å². The minimum atomic E-state index is -3.85. The van der Waals surface area contributed by atoms with Crippen molar-refractivity contribution in [2.45, 2.75) is 82.8 Å². The van der Waals surface area contributed by atoms with E-state index in [2.05, 4.69) is 43.4 Å². The van der Waals surface area contributed by atoms with Crippen LogP contribution in [0.1, 0.15) is 61.4 Å². The molecule has 0 spiro atoms. The van der Waals surface area contributed by atoms with Gasteiger partial charge in [-0.15, -0.1) is 0 Å². The number of benzene rings is 3. The van der Waals surface area contributed by atoms with E-state index in [9.17, 15) is 23.4 Å². The van der Waals surface area contributed by atoms with Gasteiger partial charge in [-0.25, -0.2) is 8.42 Å². The monoisotopic (exact) mass is 606 g/mol. The fourth-order valence-electron chi connectivity index (χ4n) is 6.46. The molecular weight excluding hydrogens is 560 g/mol. The molecule has 8 heteroatoms. The van der Waals surface area contributed by atoms with Crippen molar-refractivity contribution in [2.24, 2.45) is 5.92 Å². The van der Waals surface area contributed by atoms with Gasteiger partial charge in [0.1, 0.15) is 0 Å². The van der Waals surface area contributed by atoms with E-state index in [0.717, 1.165) is 41.5 Å². The van der Waals surface area contributed by atoms with Crippen molar-refractivity contribution < 1.29 is 23.4 Å². The number of carboxylic acids is 1. The van der Waals surface area contributed by atoms with Crippen LogP contribution >= 0.6 is 0 Å². The molecule has 3 aromatic carbocycles. The summed E-state index contributed by atoms with van der Waals surface area (Å²) in [5, 5.41) is 23.5. The second-order valence-electron chi connectivity index (χ2n) is 12.6. The molecule has 4 rings (SSSR count). The van der Waals surface area contributed by atoms with Crippen molar-refractivity contribution in [3.63, 3.8) is 0 Å². The molecule has 0 aliphatic heterocycles. The first kappa shape index (κ1) is 32.9. The van der Waals surface area contributed by atoms with Gasteiger partial charge in [-0.05, 0) is 110 Å². The smallest absolute Gasteiger partial charge is 0.303 e. The number of aliphatic hydroxyl groups excluding tert-OH is 1. The molecular formula is C35H46N2O5S. The summed E-state index contributed by atoms with van der Waals surface area (Å²) in [5.74, 6) is -0.310. The van der Waals surface area contributed by atoms with Gasteiger partial charge in [-0.3, -0.25) is 4.79 Å². The van der Waals surface area contributed by atoms with Crippen molar-refractivity contribution in [1.82, 2.24) is 9.62 Å². The first-order valence-corrected chi connectivity index (χ1v) is 16.6. The van der Waals surface area contributed by atoms with Crippen LogP contribution in [0.5, 0.6) is 0 Å². The molecule has 0 radical (unpaired) electrons. The zero-order valence-electron chi connectivity index (χ0n) is 26.1. The van der Waals surface area contributed by atoms with Crippen molar-refractivity contribution in [1.29, 1.82) is 0 Å². The largest absolute Gasteiger partial charge is 0.481 e. The van der Waals surface area contributed by atoms with Gasteiger partial charge in [0.2, 0.25) is 10.0 Å². The number of aryl methyl sites for hydroxylation is 3. The predicted octanol–water partition coefficient (Wildman–Crippen LogP) is 5.40. The molecule has 0 saturated heterocycles. The SMILES string of the molecule is CCc1cc(-c2c(C)cccc2CCC(=O)O)ccc1S(=O)(=O)N(C)C[C@H](O)CNC(C)(C)CC1Cc2ccccc2C1. The fourth-order valence-corrected chi connectivity index (χ4v) is 7.94. The fraction of sp³-hybridized carbons (Fsp3) is 0.457. The highest BCUT2D eigenvalue weighted by molar-refractivity contribution is 7.89. The number of nitrogens with one attached hydrogen (secondary N) is 1. The molecule has 0 aromatic heterocycles. The van der Waals surface area contributed by atoms with Crippen LogP contribution in [-0.4, -0.2) is 60.7 Å². The number of fused-ring (bicyclic) bond motifs is 1. The number of hydrogen-bond acceptors (Lipinski definition) is 5. The molecule has 7 nitrogen and oxygen atoms in total. The zero-order chi connectivity index (χ0) is 31.4. The van der Waals surface area contributed by atoms with Gasteiger partial charge in [-0.2, -0.15) is 4.31 Å². The Bertz CT molecular complexity index is 1520. The van der Waals surface area contributed by atoms with Gasteiger partial charge < -0.3 is 15.5 Å². The van der Waals surface area contributed by atoms with Crippen LogP contribution in [0.25, 0.3) is 11.1 Å². The Morgan fingerprint density at radius 1 is 1.05 bits per heavy atom. The highest BCUT2D eigenvalue weighted by Crippen LogP contribution is 2.33. The second-order valence-corrected chi connectivity index (χ2v) is 14.6. The number of rotatable bonds is 14. The van der Waals surface area contributed by atoms with Crippen molar-refractivity contribution >= 4 is 16.0 Å². The molecule has 0 unspecified atom stereocenters. The lowest BCUT2D eigenvalue weighted by molar-refractivity contribution is -0.136. The van der Waals surface area contributed by atoms with Gasteiger partial charge >= 0.3 is 5.97 Å². The molecule has 0 fully saturated rings. The Morgan fingerprint density at radius 3 is 2.35 bits per heavy atom. The van der Waals surface area contributed by atoms with Crippen LogP contribution in [0.2, 0.25) is 0 Å². The lowest BCUT2D eigenvalue weighted by Gasteiger charge is -2.31. The molecule has 43 heavy (non-hydrogen) atoms. The number of nitrogens with zero attached hydrogens (tertiary/aromatic N) is 1. The number of hydrogen-bond donors (Lipinski definition) is 3. The Morgan fingerprint density at radius 2 is 1.72 bits per heavy atom. The maximum atomic E-state index is 13.7.